The molecule has 190 valence electrons. The van der Waals surface area contributed by atoms with Crippen LogP contribution in [0.1, 0.15) is 54.4 Å². The van der Waals surface area contributed by atoms with Crippen LogP contribution < -0.4 is 0 Å². The van der Waals surface area contributed by atoms with E-state index in [2.05, 4.69) is 13.2 Å². The Hall–Kier alpha value is -1.80. The van der Waals surface area contributed by atoms with E-state index in [1.54, 1.807) is 27.6 Å². The maximum Gasteiger partial charge on any atom is 0.311 e. The molecule has 34 heavy (non-hydrogen) atoms. The average Bonchev–Trinajstić information content (AvgIpc) is 3.30. The summed E-state index contributed by atoms with van der Waals surface area (Å²) in [5.74, 6) is -2.17. The number of esters is 1. The largest absolute Gasteiger partial charge is 0.461 e. The summed E-state index contributed by atoms with van der Waals surface area (Å²) in [5.41, 5.74) is -0.491. The van der Waals surface area contributed by atoms with Gasteiger partial charge in [-0.15, -0.1) is 18.3 Å². The average molecular weight is 493 g/mol. The van der Waals surface area contributed by atoms with E-state index in [0.29, 0.717) is 13.0 Å². The molecule has 0 aromatic rings. The summed E-state index contributed by atoms with van der Waals surface area (Å²) in [6.45, 7) is 19.4. The van der Waals surface area contributed by atoms with Crippen molar-refractivity contribution in [3.63, 3.8) is 0 Å². The van der Waals surface area contributed by atoms with E-state index in [1.165, 1.54) is 6.08 Å². The summed E-state index contributed by atoms with van der Waals surface area (Å²) in [5, 5.41) is 10.3. The molecule has 0 aromatic carbocycles. The fourth-order valence-electron chi connectivity index (χ4n) is 6.18. The third kappa shape index (κ3) is 4.00. The number of carbonyl (C=O) groups is 3. The summed E-state index contributed by atoms with van der Waals surface area (Å²) in [6.07, 6.45) is 4.59. The van der Waals surface area contributed by atoms with Gasteiger partial charge in [-0.25, -0.2) is 0 Å². The summed E-state index contributed by atoms with van der Waals surface area (Å²) >= 11 is 1.61. The van der Waals surface area contributed by atoms with Crippen LogP contribution in [0.5, 0.6) is 0 Å². The highest BCUT2D eigenvalue weighted by molar-refractivity contribution is 8.02. The molecule has 1 N–H and O–H groups in total. The second-order valence-electron chi connectivity index (χ2n) is 11.3. The normalized spacial score (nSPS) is 33.1. The lowest BCUT2D eigenvalue weighted by Gasteiger charge is -2.44. The van der Waals surface area contributed by atoms with Gasteiger partial charge in [-0.3, -0.25) is 14.4 Å². The van der Waals surface area contributed by atoms with Crippen molar-refractivity contribution in [2.24, 2.45) is 17.8 Å². The van der Waals surface area contributed by atoms with Crippen molar-refractivity contribution < 1.29 is 24.2 Å². The smallest absolute Gasteiger partial charge is 0.311 e. The van der Waals surface area contributed by atoms with E-state index in [4.69, 9.17) is 4.74 Å². The molecule has 0 radical (unpaired) electrons. The predicted molar refractivity (Wildman–Crippen MR) is 134 cm³/mol. The lowest BCUT2D eigenvalue weighted by Crippen LogP contribution is -2.61. The Balaban J connectivity index is 2.17. The van der Waals surface area contributed by atoms with Gasteiger partial charge in [-0.2, -0.15) is 0 Å². The summed E-state index contributed by atoms with van der Waals surface area (Å²) < 4.78 is 4.22. The van der Waals surface area contributed by atoms with E-state index >= 15 is 0 Å². The van der Waals surface area contributed by atoms with Gasteiger partial charge in [0.1, 0.15) is 12.6 Å². The number of fused-ring (bicyclic) bond motifs is 1. The molecule has 1 spiro atoms. The van der Waals surface area contributed by atoms with Gasteiger partial charge in [0.15, 0.2) is 0 Å². The van der Waals surface area contributed by atoms with Gasteiger partial charge < -0.3 is 19.6 Å². The van der Waals surface area contributed by atoms with Gasteiger partial charge in [0.2, 0.25) is 11.8 Å². The second kappa shape index (κ2) is 9.34. The quantitative estimate of drug-likeness (QED) is 0.393. The zero-order chi connectivity index (χ0) is 25.6. The molecule has 8 heteroatoms. The number of aliphatic hydroxyl groups excluding tert-OH is 1. The van der Waals surface area contributed by atoms with Gasteiger partial charge in [-0.05, 0) is 46.5 Å². The molecule has 0 saturated carbocycles. The third-order valence-electron chi connectivity index (χ3n) is 7.75. The number of aliphatic hydroxyl groups is 1. The molecule has 2 bridgehead atoms. The SMILES string of the molecule is C=CCOC(=O)[C@@H]1[C@H]2C(=O)N([C@@H](CO)C(C)C)C(C(=O)N(CC=C)C(C)(C)C)C23CC[C@@]1(C)S3. The number of nitrogens with zero attached hydrogens (tertiary/aromatic N) is 2. The number of likely N-dealkylation sites (tertiary alicyclic amines) is 1. The van der Waals surface area contributed by atoms with Crippen molar-refractivity contribution in [2.45, 2.75) is 81.5 Å². The van der Waals surface area contributed by atoms with Crippen molar-refractivity contribution in [1.29, 1.82) is 0 Å². The van der Waals surface area contributed by atoms with Gasteiger partial charge >= 0.3 is 5.97 Å². The standard InChI is InChI=1S/C26H40N2O5S/c1-9-13-27(24(5,6)7)22(31)20-26-12-11-25(8,34-26)19(23(32)33-14-10-2)18(26)21(30)28(20)17(15-29)16(3)4/h9-10,16-20,29H,1-2,11-15H2,3-8H3/t17-,18-,19-,20?,25+,26?/m0/s1. The molecule has 3 saturated heterocycles. The monoisotopic (exact) mass is 492 g/mol. The number of hydrogen-bond donors (Lipinski definition) is 1. The highest BCUT2D eigenvalue weighted by Crippen LogP contribution is 2.72. The molecule has 2 amide bonds. The topological polar surface area (TPSA) is 87.1 Å². The molecule has 3 aliphatic rings. The number of rotatable bonds is 9. The van der Waals surface area contributed by atoms with Gasteiger partial charge in [-0.1, -0.05) is 32.6 Å². The third-order valence-corrected chi connectivity index (χ3v) is 9.73. The van der Waals surface area contributed by atoms with Crippen molar-refractivity contribution in [1.82, 2.24) is 9.80 Å². The van der Waals surface area contributed by atoms with E-state index in [1.807, 2.05) is 41.5 Å². The van der Waals surface area contributed by atoms with Crippen LogP contribution in [0.3, 0.4) is 0 Å². The Morgan fingerprint density at radius 2 is 1.94 bits per heavy atom. The van der Waals surface area contributed by atoms with Crippen LogP contribution in [0.2, 0.25) is 0 Å². The Morgan fingerprint density at radius 1 is 1.29 bits per heavy atom. The van der Waals surface area contributed by atoms with Crippen LogP contribution >= 0.6 is 11.8 Å². The van der Waals surface area contributed by atoms with Crippen LogP contribution in [0.4, 0.5) is 0 Å². The Morgan fingerprint density at radius 3 is 2.44 bits per heavy atom. The molecule has 3 rings (SSSR count). The first-order chi connectivity index (χ1) is 15.8. The van der Waals surface area contributed by atoms with Gasteiger partial charge in [0.25, 0.3) is 0 Å². The summed E-state index contributed by atoms with van der Waals surface area (Å²) in [7, 11) is 0. The highest BCUT2D eigenvalue weighted by atomic mass is 32.2. The minimum Gasteiger partial charge on any atom is -0.461 e. The Bertz CT molecular complexity index is 868. The van der Waals surface area contributed by atoms with Gasteiger partial charge in [0.05, 0.1) is 29.2 Å². The van der Waals surface area contributed by atoms with E-state index < -0.39 is 44.9 Å². The second-order valence-corrected chi connectivity index (χ2v) is 13.2. The first-order valence-corrected chi connectivity index (χ1v) is 13.0. The molecule has 3 fully saturated rings. The Kier molecular flexibility index (Phi) is 7.36. The number of hydrogen-bond acceptors (Lipinski definition) is 6. The van der Waals surface area contributed by atoms with Crippen LogP contribution in [-0.4, -0.2) is 79.6 Å². The molecular formula is C26H40N2O5S. The maximum absolute atomic E-state index is 14.3. The zero-order valence-electron chi connectivity index (χ0n) is 21.4. The lowest BCUT2D eigenvalue weighted by atomic mass is 9.66. The van der Waals surface area contributed by atoms with Crippen LogP contribution in [0.25, 0.3) is 0 Å². The molecule has 3 aliphatic heterocycles. The van der Waals surface area contributed by atoms with Crippen molar-refractivity contribution in [2.75, 3.05) is 19.8 Å². The number of carbonyl (C=O) groups excluding carboxylic acids is 3. The maximum atomic E-state index is 14.3. The molecule has 3 heterocycles. The van der Waals surface area contributed by atoms with E-state index in [-0.39, 0.29) is 30.9 Å². The molecular weight excluding hydrogens is 452 g/mol. The minimum atomic E-state index is -0.771. The number of ether oxygens (including phenoxy) is 1. The molecule has 0 aromatic heterocycles. The number of amides is 2. The molecule has 7 nitrogen and oxygen atoms in total. The first-order valence-electron chi connectivity index (χ1n) is 12.1. The number of thioether (sulfide) groups is 1. The lowest BCUT2D eigenvalue weighted by molar-refractivity contribution is -0.155. The van der Waals surface area contributed by atoms with Crippen molar-refractivity contribution in [3.8, 4) is 0 Å². The van der Waals surface area contributed by atoms with Crippen LogP contribution in [-0.2, 0) is 19.1 Å². The Labute approximate surface area is 208 Å². The fourth-order valence-corrected chi connectivity index (χ4v) is 8.51. The highest BCUT2D eigenvalue weighted by Gasteiger charge is 2.78. The van der Waals surface area contributed by atoms with Crippen LogP contribution in [0.15, 0.2) is 25.3 Å². The zero-order valence-corrected chi connectivity index (χ0v) is 22.2. The fraction of sp³-hybridized carbons (Fsp3) is 0.731. The predicted octanol–water partition coefficient (Wildman–Crippen LogP) is 3.03. The summed E-state index contributed by atoms with van der Waals surface area (Å²) in [4.78, 5) is 45.1. The first kappa shape index (κ1) is 26.8. The van der Waals surface area contributed by atoms with Crippen molar-refractivity contribution >= 4 is 29.5 Å². The van der Waals surface area contributed by atoms with Crippen LogP contribution in [0, 0.1) is 17.8 Å². The molecule has 6 atom stereocenters. The molecule has 2 unspecified atom stereocenters. The van der Waals surface area contributed by atoms with Crippen molar-refractivity contribution in [3.05, 3.63) is 25.3 Å². The molecule has 0 aliphatic carbocycles. The van der Waals surface area contributed by atoms with Gasteiger partial charge in [0, 0.05) is 16.8 Å². The minimum absolute atomic E-state index is 0.0640. The van der Waals surface area contributed by atoms with E-state index in [0.717, 1.165) is 6.42 Å². The summed E-state index contributed by atoms with van der Waals surface area (Å²) in [6, 6.07) is -1.29. The van der Waals surface area contributed by atoms with E-state index in [9.17, 15) is 19.5 Å².